The molecule has 1 aliphatic heterocycles. The summed E-state index contributed by atoms with van der Waals surface area (Å²) in [6.07, 6.45) is 2.07. The van der Waals surface area contributed by atoms with Gasteiger partial charge in [0.25, 0.3) is 0 Å². The van der Waals surface area contributed by atoms with E-state index in [0.29, 0.717) is 45.4 Å². The van der Waals surface area contributed by atoms with Gasteiger partial charge < -0.3 is 19.4 Å². The molecule has 2 N–H and O–H groups in total. The van der Waals surface area contributed by atoms with E-state index in [1.165, 1.54) is 0 Å². The topological polar surface area (TPSA) is 70.0 Å². The lowest BCUT2D eigenvalue weighted by molar-refractivity contribution is -0.134. The van der Waals surface area contributed by atoms with E-state index >= 15 is 0 Å². The van der Waals surface area contributed by atoms with Gasteiger partial charge in [0.1, 0.15) is 5.78 Å². The van der Waals surface area contributed by atoms with Gasteiger partial charge in [-0.05, 0) is 69.3 Å². The van der Waals surface area contributed by atoms with Crippen LogP contribution in [0.15, 0.2) is 30.3 Å². The average molecular weight is 448 g/mol. The van der Waals surface area contributed by atoms with Crippen LogP contribution in [0, 0.1) is 5.41 Å². The number of rotatable bonds is 10. The summed E-state index contributed by atoms with van der Waals surface area (Å²) < 4.78 is 6.41. The fourth-order valence-corrected chi connectivity index (χ4v) is 5.15. The largest absolute Gasteiger partial charge is 0.437 e. The number of piperidine rings is 1. The lowest BCUT2D eigenvalue weighted by Gasteiger charge is -2.43. The molecule has 5 nitrogen and oxygen atoms in total. The Bertz CT molecular complexity index is 697. The lowest BCUT2D eigenvalue weighted by atomic mass is 9.68. The maximum Gasteiger partial charge on any atom is 0.376 e. The molecule has 0 aromatic heterocycles. The molecule has 2 rings (SSSR count). The number of hydrogen-bond acceptors (Lipinski definition) is 5. The minimum Gasteiger partial charge on any atom is -0.437 e. The number of Topliss-reactive ketones (excluding diaryl/α,β-unsaturated/α-hetero) is 1. The number of carbonyl (C=O) groups excluding carboxylic acids is 1. The van der Waals surface area contributed by atoms with E-state index in [0.717, 1.165) is 5.56 Å². The molecule has 0 aliphatic carbocycles. The second-order valence-electron chi connectivity index (χ2n) is 10.8. The number of nitrogens with zero attached hydrogens (tertiary/aromatic N) is 1. The van der Waals surface area contributed by atoms with E-state index in [2.05, 4.69) is 33.9 Å². The zero-order valence-corrected chi connectivity index (χ0v) is 21.4. The minimum absolute atomic E-state index is 0.131. The zero-order chi connectivity index (χ0) is 23.3. The molecule has 0 saturated carbocycles. The average Bonchev–Trinajstić information content (AvgIpc) is 2.68. The van der Waals surface area contributed by atoms with Gasteiger partial charge in [-0.25, -0.2) is 0 Å². The van der Waals surface area contributed by atoms with Crippen molar-refractivity contribution in [2.45, 2.75) is 83.9 Å². The Balaban J connectivity index is 2.06. The Morgan fingerprint density at radius 2 is 1.81 bits per heavy atom. The maximum atomic E-state index is 13.5. The van der Waals surface area contributed by atoms with Crippen LogP contribution in [0.3, 0.4) is 0 Å². The van der Waals surface area contributed by atoms with Crippen LogP contribution in [0.5, 0.6) is 0 Å². The molecule has 0 amide bonds. The summed E-state index contributed by atoms with van der Waals surface area (Å²) >= 11 is 0. The lowest BCUT2D eigenvalue weighted by Crippen LogP contribution is -2.50. The highest BCUT2D eigenvalue weighted by Gasteiger charge is 2.43. The molecule has 0 radical (unpaired) electrons. The monoisotopic (exact) mass is 447 g/mol. The summed E-state index contributed by atoms with van der Waals surface area (Å²) in [5.74, 6) is 0.139. The minimum atomic E-state index is -1.88. The van der Waals surface area contributed by atoms with Crippen LogP contribution in [-0.4, -0.2) is 61.9 Å². The van der Waals surface area contributed by atoms with Gasteiger partial charge in [0.05, 0.1) is 6.10 Å². The zero-order valence-electron chi connectivity index (χ0n) is 20.4. The number of aliphatic hydroxyl groups excluding tert-OH is 1. The van der Waals surface area contributed by atoms with E-state index in [4.69, 9.17) is 4.43 Å². The molecule has 1 heterocycles. The molecule has 1 unspecified atom stereocenters. The molecule has 7 heteroatoms. The molecule has 1 atom stereocenters. The molecule has 0 spiro atoms. The van der Waals surface area contributed by atoms with Gasteiger partial charge in [-0.3, -0.25) is 4.79 Å². The van der Waals surface area contributed by atoms with Crippen LogP contribution in [0.1, 0.15) is 52.0 Å². The summed E-state index contributed by atoms with van der Waals surface area (Å²) in [4.78, 5) is 15.5. The molecule has 1 aromatic carbocycles. The van der Waals surface area contributed by atoms with E-state index in [-0.39, 0.29) is 17.2 Å². The quantitative estimate of drug-likeness (QED) is 0.528. The number of hydrogen-bond donors (Lipinski definition) is 2. The van der Waals surface area contributed by atoms with Gasteiger partial charge in [-0.2, -0.15) is 0 Å². The normalized spacial score (nSPS) is 18.6. The maximum absolute atomic E-state index is 13.5. The predicted octanol–water partition coefficient (Wildman–Crippen LogP) is 4.15. The molecule has 1 aromatic rings. The van der Waals surface area contributed by atoms with Crippen molar-refractivity contribution in [3.63, 3.8) is 0 Å². The number of ketones is 1. The number of aliphatic hydroxyl groups is 1. The Labute approximate surface area is 190 Å². The van der Waals surface area contributed by atoms with Crippen LogP contribution >= 0.6 is 0 Å². The molecular weight excluding hydrogens is 405 g/mol. The van der Waals surface area contributed by atoms with Crippen LogP contribution in [-0.2, 0) is 15.6 Å². The van der Waals surface area contributed by atoms with Crippen LogP contribution in [0.2, 0.25) is 25.0 Å². The number of carbonyl (C=O) groups is 1. The van der Waals surface area contributed by atoms with Crippen molar-refractivity contribution in [2.75, 3.05) is 19.7 Å². The van der Waals surface area contributed by atoms with Crippen molar-refractivity contribution in [1.82, 2.24) is 4.81 Å². The van der Waals surface area contributed by atoms with Gasteiger partial charge in [0.15, 0.2) is 8.32 Å². The first-order valence-electron chi connectivity index (χ1n) is 11.7. The third kappa shape index (κ3) is 7.26. The highest BCUT2D eigenvalue weighted by molar-refractivity contribution is 6.74. The first-order valence-corrected chi connectivity index (χ1v) is 14.6. The van der Waals surface area contributed by atoms with Gasteiger partial charge in [-0.1, -0.05) is 51.1 Å². The molecule has 31 heavy (non-hydrogen) atoms. The van der Waals surface area contributed by atoms with Crippen LogP contribution in [0.4, 0.5) is 0 Å². The highest BCUT2D eigenvalue weighted by Crippen LogP contribution is 2.40. The number of benzene rings is 1. The SMILES string of the molecule is CB(O)N1CCC(CCO[Si](C)(C)C(C)(C)C)(C(=O)CC(O)Cc2ccccc2)CC1. The summed E-state index contributed by atoms with van der Waals surface area (Å²) in [7, 11) is -2.38. The molecule has 1 fully saturated rings. The van der Waals surface area contributed by atoms with Gasteiger partial charge in [0, 0.05) is 18.4 Å². The van der Waals surface area contributed by atoms with Gasteiger partial charge >= 0.3 is 7.05 Å². The highest BCUT2D eigenvalue weighted by atomic mass is 28.4. The molecule has 1 saturated heterocycles. The predicted molar refractivity (Wildman–Crippen MR) is 131 cm³/mol. The molecule has 174 valence electrons. The van der Waals surface area contributed by atoms with E-state index in [9.17, 15) is 14.9 Å². The van der Waals surface area contributed by atoms with E-state index in [1.54, 1.807) is 6.82 Å². The van der Waals surface area contributed by atoms with Crippen molar-refractivity contribution >= 4 is 21.2 Å². The summed E-state index contributed by atoms with van der Waals surface area (Å²) in [5.41, 5.74) is 0.563. The fraction of sp³-hybridized carbons (Fsp3) is 0.708. The summed E-state index contributed by atoms with van der Waals surface area (Å²) in [5, 5.41) is 20.7. The van der Waals surface area contributed by atoms with E-state index in [1.807, 2.05) is 35.1 Å². The standard InChI is InChI=1S/C24H42BNO4Si/c1-23(2,3)31(5,6)30-17-14-24(12-15-26(16-13-24)25(4)29)22(28)19-21(27)18-20-10-8-7-9-11-20/h7-11,21,27,29H,12-19H2,1-6H3. The van der Waals surface area contributed by atoms with Crippen molar-refractivity contribution in [2.24, 2.45) is 5.41 Å². The second-order valence-corrected chi connectivity index (χ2v) is 15.6. The second kappa shape index (κ2) is 10.8. The van der Waals surface area contributed by atoms with E-state index < -0.39 is 26.9 Å². The summed E-state index contributed by atoms with van der Waals surface area (Å²) in [6, 6.07) is 9.83. The Morgan fingerprint density at radius 1 is 1.23 bits per heavy atom. The van der Waals surface area contributed by atoms with Crippen molar-refractivity contribution in [1.29, 1.82) is 0 Å². The fourth-order valence-electron chi connectivity index (χ4n) is 4.10. The van der Waals surface area contributed by atoms with Gasteiger partial charge in [-0.15, -0.1) is 0 Å². The third-order valence-electron chi connectivity index (χ3n) is 7.46. The van der Waals surface area contributed by atoms with Crippen LogP contribution < -0.4 is 0 Å². The smallest absolute Gasteiger partial charge is 0.376 e. The van der Waals surface area contributed by atoms with Crippen molar-refractivity contribution in [3.8, 4) is 0 Å². The Morgan fingerprint density at radius 3 is 2.32 bits per heavy atom. The Kier molecular flexibility index (Phi) is 9.11. The molecular formula is C24H42BNO4Si. The molecule has 1 aliphatic rings. The third-order valence-corrected chi connectivity index (χ3v) is 12.0. The first kappa shape index (κ1) is 26.3. The van der Waals surface area contributed by atoms with Crippen LogP contribution in [0.25, 0.3) is 0 Å². The van der Waals surface area contributed by atoms with Crippen molar-refractivity contribution in [3.05, 3.63) is 35.9 Å². The van der Waals surface area contributed by atoms with Gasteiger partial charge in [0.2, 0.25) is 0 Å². The first-order chi connectivity index (χ1) is 14.4. The summed E-state index contributed by atoms with van der Waals surface area (Å²) in [6.45, 7) is 14.9. The Hall–Kier alpha value is -0.988. The molecule has 0 bridgehead atoms. The van der Waals surface area contributed by atoms with Crippen molar-refractivity contribution < 1.29 is 19.4 Å².